The summed E-state index contributed by atoms with van der Waals surface area (Å²) in [5.41, 5.74) is 4.40. The van der Waals surface area contributed by atoms with Gasteiger partial charge < -0.3 is 10.8 Å². The minimum absolute atomic E-state index is 0.410. The number of carboxylic acids is 1. The lowest BCUT2D eigenvalue weighted by Gasteiger charge is -2.27. The van der Waals surface area contributed by atoms with Crippen molar-refractivity contribution in [2.45, 2.75) is 32.2 Å². The average molecular weight is 169 g/mol. The van der Waals surface area contributed by atoms with Gasteiger partial charge in [0.1, 0.15) is 5.54 Å². The molecule has 0 fully saturated rings. The molecule has 3 heteroatoms. The van der Waals surface area contributed by atoms with E-state index in [4.69, 9.17) is 17.3 Å². The number of hydrogen-bond acceptors (Lipinski definition) is 2. The molecule has 0 aliphatic heterocycles. The minimum Gasteiger partial charge on any atom is -0.480 e. The largest absolute Gasteiger partial charge is 0.480 e. The fourth-order valence-corrected chi connectivity index (χ4v) is 1.07. The fraction of sp³-hybridized carbons (Fsp3) is 0.667. The van der Waals surface area contributed by atoms with Gasteiger partial charge in [-0.2, -0.15) is 0 Å². The molecule has 0 radical (unpaired) electrons. The molecule has 12 heavy (non-hydrogen) atoms. The van der Waals surface area contributed by atoms with E-state index in [2.05, 4.69) is 5.92 Å². The van der Waals surface area contributed by atoms with Gasteiger partial charge in [-0.1, -0.05) is 13.3 Å². The van der Waals surface area contributed by atoms with Crippen LogP contribution >= 0.6 is 0 Å². The number of terminal acetylenes is 1. The maximum absolute atomic E-state index is 10.8. The molecule has 0 aliphatic rings. The van der Waals surface area contributed by atoms with E-state index in [-0.39, 0.29) is 0 Å². The van der Waals surface area contributed by atoms with Crippen LogP contribution in [0, 0.1) is 18.3 Å². The lowest BCUT2D eigenvalue weighted by atomic mass is 9.83. The number of nitrogens with two attached hydrogens (primary N) is 1. The van der Waals surface area contributed by atoms with E-state index in [9.17, 15) is 4.79 Å². The van der Waals surface area contributed by atoms with Crippen molar-refractivity contribution in [2.24, 2.45) is 11.7 Å². The molecule has 2 atom stereocenters. The lowest BCUT2D eigenvalue weighted by molar-refractivity contribution is -0.144. The van der Waals surface area contributed by atoms with Crippen LogP contribution in [0.25, 0.3) is 0 Å². The first-order valence-corrected chi connectivity index (χ1v) is 3.97. The summed E-state index contributed by atoms with van der Waals surface area (Å²) in [5.74, 6) is 0.912. The van der Waals surface area contributed by atoms with Crippen LogP contribution in [-0.4, -0.2) is 16.6 Å². The first-order valence-electron chi connectivity index (χ1n) is 3.97. The van der Waals surface area contributed by atoms with Gasteiger partial charge in [-0.3, -0.25) is 4.79 Å². The molecule has 3 N–H and O–H groups in total. The van der Waals surface area contributed by atoms with Crippen LogP contribution in [0.2, 0.25) is 0 Å². The predicted octanol–water partition coefficient (Wildman–Crippen LogP) is 0.838. The molecule has 3 nitrogen and oxygen atoms in total. The van der Waals surface area contributed by atoms with Crippen molar-refractivity contribution < 1.29 is 9.90 Å². The maximum atomic E-state index is 10.8. The number of carbonyl (C=O) groups is 1. The van der Waals surface area contributed by atoms with E-state index in [0.29, 0.717) is 6.42 Å². The Kier molecular flexibility index (Phi) is 3.78. The Balaban J connectivity index is 4.63. The Labute approximate surface area is 73.0 Å². The Morgan fingerprint density at radius 3 is 2.58 bits per heavy atom. The highest BCUT2D eigenvalue weighted by Crippen LogP contribution is 2.19. The topological polar surface area (TPSA) is 63.3 Å². The van der Waals surface area contributed by atoms with Gasteiger partial charge >= 0.3 is 5.97 Å². The van der Waals surface area contributed by atoms with Crippen molar-refractivity contribution in [1.82, 2.24) is 0 Å². The zero-order chi connectivity index (χ0) is 9.78. The van der Waals surface area contributed by atoms with Crippen molar-refractivity contribution in [3.05, 3.63) is 0 Å². The molecule has 0 saturated carbocycles. The number of carboxylic acid groups (broad SMARTS) is 1. The highest BCUT2D eigenvalue weighted by Gasteiger charge is 2.37. The van der Waals surface area contributed by atoms with E-state index in [1.54, 1.807) is 6.92 Å². The molecule has 0 heterocycles. The van der Waals surface area contributed by atoms with Crippen molar-refractivity contribution in [2.75, 3.05) is 0 Å². The summed E-state index contributed by atoms with van der Waals surface area (Å²) in [7, 11) is 0. The number of aliphatic carboxylic acids is 1. The summed E-state index contributed by atoms with van der Waals surface area (Å²) in [6.07, 6.45) is 6.26. The minimum atomic E-state index is -1.26. The van der Waals surface area contributed by atoms with Gasteiger partial charge in [0, 0.05) is 5.92 Å². The molecule has 0 aromatic rings. The third kappa shape index (κ3) is 1.99. The Bertz CT molecular complexity index is 207. The summed E-state index contributed by atoms with van der Waals surface area (Å²) < 4.78 is 0. The van der Waals surface area contributed by atoms with Crippen molar-refractivity contribution in [3.8, 4) is 12.3 Å². The summed E-state index contributed by atoms with van der Waals surface area (Å²) >= 11 is 0. The third-order valence-electron chi connectivity index (χ3n) is 2.08. The van der Waals surface area contributed by atoms with Gasteiger partial charge in [0.2, 0.25) is 0 Å². The first kappa shape index (κ1) is 11.0. The SMILES string of the molecule is C#CC(C)C(N)(CCC)C(=O)O. The van der Waals surface area contributed by atoms with E-state index in [1.165, 1.54) is 0 Å². The highest BCUT2D eigenvalue weighted by atomic mass is 16.4. The normalized spacial score (nSPS) is 17.5. The zero-order valence-electron chi connectivity index (χ0n) is 7.50. The molecular weight excluding hydrogens is 154 g/mol. The van der Waals surface area contributed by atoms with Crippen LogP contribution in [0.5, 0.6) is 0 Å². The highest BCUT2D eigenvalue weighted by molar-refractivity contribution is 5.79. The van der Waals surface area contributed by atoms with Crippen LogP contribution in [0.4, 0.5) is 0 Å². The molecule has 0 aromatic heterocycles. The molecule has 0 rings (SSSR count). The fourth-order valence-electron chi connectivity index (χ4n) is 1.07. The summed E-state index contributed by atoms with van der Waals surface area (Å²) in [4.78, 5) is 10.8. The molecule has 2 unspecified atom stereocenters. The maximum Gasteiger partial charge on any atom is 0.324 e. The second-order valence-electron chi connectivity index (χ2n) is 2.98. The molecular formula is C9H15NO2. The summed E-state index contributed by atoms with van der Waals surface area (Å²) in [5, 5.41) is 8.84. The quantitative estimate of drug-likeness (QED) is 0.613. The van der Waals surface area contributed by atoms with Crippen molar-refractivity contribution in [1.29, 1.82) is 0 Å². The average Bonchev–Trinajstić information content (AvgIpc) is 2.03. The van der Waals surface area contributed by atoms with E-state index in [1.807, 2.05) is 6.92 Å². The van der Waals surface area contributed by atoms with Gasteiger partial charge in [0.15, 0.2) is 0 Å². The van der Waals surface area contributed by atoms with E-state index < -0.39 is 17.4 Å². The van der Waals surface area contributed by atoms with Gasteiger partial charge in [-0.05, 0) is 13.3 Å². The van der Waals surface area contributed by atoms with Crippen molar-refractivity contribution in [3.63, 3.8) is 0 Å². The molecule has 0 aromatic carbocycles. The summed E-state index contributed by atoms with van der Waals surface area (Å²) in [6.45, 7) is 3.54. The second kappa shape index (κ2) is 4.13. The molecule has 0 amide bonds. The van der Waals surface area contributed by atoms with Crippen LogP contribution < -0.4 is 5.73 Å². The smallest absolute Gasteiger partial charge is 0.324 e. The van der Waals surface area contributed by atoms with E-state index >= 15 is 0 Å². The van der Waals surface area contributed by atoms with Gasteiger partial charge in [0.05, 0.1) is 0 Å². The molecule has 0 saturated heterocycles. The number of rotatable bonds is 4. The van der Waals surface area contributed by atoms with Crippen LogP contribution in [-0.2, 0) is 4.79 Å². The number of hydrogen-bond donors (Lipinski definition) is 2. The first-order chi connectivity index (χ1) is 5.49. The molecule has 0 aliphatic carbocycles. The Hall–Kier alpha value is -1.01. The molecule has 68 valence electrons. The molecule has 0 spiro atoms. The van der Waals surface area contributed by atoms with Gasteiger partial charge in [-0.25, -0.2) is 0 Å². The van der Waals surface area contributed by atoms with Gasteiger partial charge in [0.25, 0.3) is 0 Å². The van der Waals surface area contributed by atoms with Crippen molar-refractivity contribution >= 4 is 5.97 Å². The predicted molar refractivity (Wildman–Crippen MR) is 47.5 cm³/mol. The second-order valence-corrected chi connectivity index (χ2v) is 2.98. The Morgan fingerprint density at radius 2 is 2.33 bits per heavy atom. The zero-order valence-corrected chi connectivity index (χ0v) is 7.50. The van der Waals surface area contributed by atoms with Crippen LogP contribution in [0.3, 0.4) is 0 Å². The third-order valence-corrected chi connectivity index (χ3v) is 2.08. The lowest BCUT2D eigenvalue weighted by Crippen LogP contribution is -2.52. The molecule has 0 bridgehead atoms. The monoisotopic (exact) mass is 169 g/mol. The van der Waals surface area contributed by atoms with E-state index in [0.717, 1.165) is 6.42 Å². The van der Waals surface area contributed by atoms with Crippen LogP contribution in [0.15, 0.2) is 0 Å². The summed E-state index contributed by atoms with van der Waals surface area (Å²) in [6, 6.07) is 0. The Morgan fingerprint density at radius 1 is 1.83 bits per heavy atom. The van der Waals surface area contributed by atoms with Crippen LogP contribution in [0.1, 0.15) is 26.7 Å². The standard InChI is InChI=1S/C9H15NO2/c1-4-6-9(10,8(11)12)7(3)5-2/h2,7H,4,6,10H2,1,3H3,(H,11,12). The van der Waals surface area contributed by atoms with Gasteiger partial charge in [-0.15, -0.1) is 12.3 Å².